The van der Waals surface area contributed by atoms with E-state index in [0.717, 1.165) is 23.4 Å². The van der Waals surface area contributed by atoms with Crippen LogP contribution in [-0.4, -0.2) is 6.54 Å². The van der Waals surface area contributed by atoms with E-state index in [-0.39, 0.29) is 0 Å². The maximum Gasteiger partial charge on any atom is 0.0561 e. The fourth-order valence-electron chi connectivity index (χ4n) is 3.08. The molecule has 1 aromatic heterocycles. The third-order valence-electron chi connectivity index (χ3n) is 3.99. The highest BCUT2D eigenvalue weighted by Crippen LogP contribution is 2.41. The van der Waals surface area contributed by atoms with Crippen molar-refractivity contribution in [3.63, 3.8) is 0 Å². The Morgan fingerprint density at radius 3 is 2.94 bits per heavy atom. The van der Waals surface area contributed by atoms with Crippen LogP contribution in [0.15, 0.2) is 11.4 Å². The van der Waals surface area contributed by atoms with Gasteiger partial charge in [-0.25, -0.2) is 0 Å². The number of nitrogens with one attached hydrogen (secondary N) is 1. The van der Waals surface area contributed by atoms with Crippen molar-refractivity contribution in [2.24, 2.45) is 11.8 Å². The molecule has 2 rings (SSSR count). The summed E-state index contributed by atoms with van der Waals surface area (Å²) in [6.07, 6.45) is 6.64. The molecule has 3 unspecified atom stereocenters. The van der Waals surface area contributed by atoms with Crippen molar-refractivity contribution < 1.29 is 0 Å². The van der Waals surface area contributed by atoms with Crippen molar-refractivity contribution >= 4 is 22.9 Å². The van der Waals surface area contributed by atoms with Crippen LogP contribution in [0.5, 0.6) is 0 Å². The van der Waals surface area contributed by atoms with Crippen molar-refractivity contribution in [1.82, 2.24) is 5.32 Å². The van der Waals surface area contributed by atoms with Crippen LogP contribution in [0, 0.1) is 11.8 Å². The molecule has 3 heteroatoms. The molecule has 1 fully saturated rings. The SMILES string of the molecule is CCCNC(c1sccc1Cl)C1CCCC(C)C1. The second-order valence-corrected chi connectivity index (χ2v) is 6.95. The van der Waals surface area contributed by atoms with Crippen LogP contribution in [0.2, 0.25) is 5.02 Å². The Bertz CT molecular complexity index is 363. The summed E-state index contributed by atoms with van der Waals surface area (Å²) >= 11 is 8.15. The molecule has 0 spiro atoms. The molecule has 1 nitrogen and oxygen atoms in total. The van der Waals surface area contributed by atoms with Crippen molar-refractivity contribution in [3.05, 3.63) is 21.3 Å². The molecule has 1 heterocycles. The normalized spacial score (nSPS) is 26.2. The predicted molar refractivity (Wildman–Crippen MR) is 81.5 cm³/mol. The molecule has 102 valence electrons. The number of thiophene rings is 1. The van der Waals surface area contributed by atoms with Crippen molar-refractivity contribution in [2.45, 2.75) is 52.0 Å². The van der Waals surface area contributed by atoms with Gasteiger partial charge in [0, 0.05) is 10.9 Å². The Hall–Kier alpha value is -0.0500. The lowest BCUT2D eigenvalue weighted by Gasteiger charge is -2.33. The lowest BCUT2D eigenvalue weighted by Crippen LogP contribution is -2.31. The first-order valence-corrected chi connectivity index (χ1v) is 8.44. The molecule has 0 aromatic carbocycles. The van der Waals surface area contributed by atoms with E-state index in [1.165, 1.54) is 37.0 Å². The van der Waals surface area contributed by atoms with Gasteiger partial charge in [-0.3, -0.25) is 0 Å². The summed E-state index contributed by atoms with van der Waals surface area (Å²) in [5.74, 6) is 1.63. The lowest BCUT2D eigenvalue weighted by molar-refractivity contribution is 0.226. The fourth-order valence-corrected chi connectivity index (χ4v) is 4.43. The third-order valence-corrected chi connectivity index (χ3v) is 5.43. The van der Waals surface area contributed by atoms with E-state index in [1.54, 1.807) is 0 Å². The van der Waals surface area contributed by atoms with Gasteiger partial charge in [0.2, 0.25) is 0 Å². The van der Waals surface area contributed by atoms with Gasteiger partial charge in [-0.2, -0.15) is 0 Å². The Morgan fingerprint density at radius 1 is 1.50 bits per heavy atom. The van der Waals surface area contributed by atoms with E-state index in [0.29, 0.717) is 6.04 Å². The molecule has 0 aliphatic heterocycles. The van der Waals surface area contributed by atoms with Gasteiger partial charge in [-0.05, 0) is 49.1 Å². The maximum absolute atomic E-state index is 6.34. The minimum absolute atomic E-state index is 0.472. The molecule has 3 atom stereocenters. The first kappa shape index (κ1) is 14.4. The molecule has 18 heavy (non-hydrogen) atoms. The highest BCUT2D eigenvalue weighted by molar-refractivity contribution is 7.10. The van der Waals surface area contributed by atoms with E-state index in [4.69, 9.17) is 11.6 Å². The summed E-state index contributed by atoms with van der Waals surface area (Å²) in [6, 6.07) is 2.51. The van der Waals surface area contributed by atoms with Crippen LogP contribution in [-0.2, 0) is 0 Å². The second kappa shape index (κ2) is 6.93. The summed E-state index contributed by atoms with van der Waals surface area (Å²) < 4.78 is 0. The molecule has 1 aromatic rings. The van der Waals surface area contributed by atoms with Crippen molar-refractivity contribution in [2.75, 3.05) is 6.54 Å². The number of hydrogen-bond acceptors (Lipinski definition) is 2. The van der Waals surface area contributed by atoms with Gasteiger partial charge < -0.3 is 5.32 Å². The van der Waals surface area contributed by atoms with E-state index < -0.39 is 0 Å². The van der Waals surface area contributed by atoms with Crippen LogP contribution >= 0.6 is 22.9 Å². The number of rotatable bonds is 5. The average molecular weight is 286 g/mol. The molecule has 1 aliphatic rings. The van der Waals surface area contributed by atoms with E-state index >= 15 is 0 Å². The summed E-state index contributed by atoms with van der Waals surface area (Å²) in [7, 11) is 0. The minimum atomic E-state index is 0.472. The van der Waals surface area contributed by atoms with Crippen LogP contribution in [0.1, 0.15) is 56.9 Å². The Balaban J connectivity index is 2.11. The molecule has 1 N–H and O–H groups in total. The zero-order chi connectivity index (χ0) is 13.0. The molecular formula is C15H24ClNS. The Morgan fingerprint density at radius 2 is 2.33 bits per heavy atom. The van der Waals surface area contributed by atoms with E-state index in [1.807, 2.05) is 17.4 Å². The first-order valence-electron chi connectivity index (χ1n) is 7.18. The highest BCUT2D eigenvalue weighted by Gasteiger charge is 2.29. The molecular weight excluding hydrogens is 262 g/mol. The summed E-state index contributed by atoms with van der Waals surface area (Å²) in [5.41, 5.74) is 0. The van der Waals surface area contributed by atoms with Gasteiger partial charge in [-0.1, -0.05) is 38.3 Å². The van der Waals surface area contributed by atoms with Crippen LogP contribution in [0.3, 0.4) is 0 Å². The molecule has 1 saturated carbocycles. The van der Waals surface area contributed by atoms with Gasteiger partial charge in [0.25, 0.3) is 0 Å². The standard InChI is InChI=1S/C15H24ClNS/c1-3-8-17-14(15-13(16)7-9-18-15)12-6-4-5-11(2)10-12/h7,9,11-12,14,17H,3-6,8,10H2,1-2H3. The maximum atomic E-state index is 6.34. The summed E-state index contributed by atoms with van der Waals surface area (Å²) in [6.45, 7) is 5.70. The molecule has 1 aliphatic carbocycles. The molecule has 0 radical (unpaired) electrons. The monoisotopic (exact) mass is 285 g/mol. The molecule has 0 amide bonds. The number of halogens is 1. The van der Waals surface area contributed by atoms with Crippen LogP contribution < -0.4 is 5.32 Å². The smallest absolute Gasteiger partial charge is 0.0561 e. The minimum Gasteiger partial charge on any atom is -0.309 e. The highest BCUT2D eigenvalue weighted by atomic mass is 35.5. The van der Waals surface area contributed by atoms with Gasteiger partial charge in [-0.15, -0.1) is 11.3 Å². The predicted octanol–water partition coefficient (Wildman–Crippen LogP) is 5.27. The van der Waals surface area contributed by atoms with Crippen molar-refractivity contribution in [3.8, 4) is 0 Å². The van der Waals surface area contributed by atoms with Gasteiger partial charge in [0.1, 0.15) is 0 Å². The van der Waals surface area contributed by atoms with E-state index in [9.17, 15) is 0 Å². The fraction of sp³-hybridized carbons (Fsp3) is 0.733. The molecule has 0 bridgehead atoms. The van der Waals surface area contributed by atoms with Gasteiger partial charge >= 0.3 is 0 Å². The van der Waals surface area contributed by atoms with E-state index in [2.05, 4.69) is 24.5 Å². The average Bonchev–Trinajstić information content (AvgIpc) is 2.77. The second-order valence-electron chi connectivity index (χ2n) is 5.60. The van der Waals surface area contributed by atoms with Crippen LogP contribution in [0.25, 0.3) is 0 Å². The van der Waals surface area contributed by atoms with Gasteiger partial charge in [0.05, 0.1) is 5.02 Å². The van der Waals surface area contributed by atoms with Crippen molar-refractivity contribution in [1.29, 1.82) is 0 Å². The first-order chi connectivity index (χ1) is 8.72. The number of hydrogen-bond donors (Lipinski definition) is 1. The molecule has 0 saturated heterocycles. The summed E-state index contributed by atoms with van der Waals surface area (Å²) in [4.78, 5) is 1.35. The summed E-state index contributed by atoms with van der Waals surface area (Å²) in [5, 5.41) is 6.80. The largest absolute Gasteiger partial charge is 0.309 e. The van der Waals surface area contributed by atoms with Gasteiger partial charge in [0.15, 0.2) is 0 Å². The zero-order valence-electron chi connectivity index (χ0n) is 11.4. The Kier molecular flexibility index (Phi) is 5.53. The van der Waals surface area contributed by atoms with Crippen LogP contribution in [0.4, 0.5) is 0 Å². The lowest BCUT2D eigenvalue weighted by atomic mass is 9.78. The Labute approximate surface area is 120 Å². The zero-order valence-corrected chi connectivity index (χ0v) is 13.0. The quantitative estimate of drug-likeness (QED) is 0.777. The third kappa shape index (κ3) is 3.49. The topological polar surface area (TPSA) is 12.0 Å².